The summed E-state index contributed by atoms with van der Waals surface area (Å²) >= 11 is 0. The van der Waals surface area contributed by atoms with Crippen molar-refractivity contribution in [2.75, 3.05) is 18.4 Å². The van der Waals surface area contributed by atoms with E-state index < -0.39 is 0 Å². The van der Waals surface area contributed by atoms with E-state index in [9.17, 15) is 9.59 Å². The van der Waals surface area contributed by atoms with Crippen LogP contribution >= 0.6 is 0 Å². The van der Waals surface area contributed by atoms with E-state index in [-0.39, 0.29) is 18.4 Å². The maximum absolute atomic E-state index is 12.6. The van der Waals surface area contributed by atoms with Crippen LogP contribution in [0, 0.1) is 6.92 Å². The molecule has 6 heteroatoms. The van der Waals surface area contributed by atoms with Gasteiger partial charge in [-0.15, -0.1) is 0 Å². The van der Waals surface area contributed by atoms with Crippen LogP contribution in [0.1, 0.15) is 37.5 Å². The zero-order valence-electron chi connectivity index (χ0n) is 14.8. The number of nitrogens with one attached hydrogen (secondary N) is 1. The maximum atomic E-state index is 12.6. The van der Waals surface area contributed by atoms with Crippen LogP contribution < -0.4 is 5.32 Å². The number of hydrogen-bond donors (Lipinski definition) is 1. The van der Waals surface area contributed by atoms with Crippen molar-refractivity contribution in [1.29, 1.82) is 0 Å². The summed E-state index contributed by atoms with van der Waals surface area (Å²) in [7, 11) is 0. The molecule has 0 saturated carbocycles. The lowest BCUT2D eigenvalue weighted by Gasteiger charge is -2.22. The zero-order chi connectivity index (χ0) is 18.1. The Kier molecular flexibility index (Phi) is 7.19. The van der Waals surface area contributed by atoms with Gasteiger partial charge in [0.05, 0.1) is 13.0 Å². The lowest BCUT2D eigenvalue weighted by molar-refractivity contribution is -0.134. The Morgan fingerprint density at radius 3 is 2.60 bits per heavy atom. The smallest absolute Gasteiger partial charge is 0.245 e. The van der Waals surface area contributed by atoms with Gasteiger partial charge in [-0.2, -0.15) is 0 Å². The lowest BCUT2D eigenvalue weighted by atomic mass is 10.1. The molecule has 0 fully saturated rings. The van der Waals surface area contributed by atoms with Crippen molar-refractivity contribution in [1.82, 2.24) is 10.1 Å². The fraction of sp³-hybridized carbons (Fsp3) is 0.421. The molecule has 1 heterocycles. The van der Waals surface area contributed by atoms with Crippen molar-refractivity contribution in [3.63, 3.8) is 0 Å². The highest BCUT2D eigenvalue weighted by molar-refractivity contribution is 5.94. The van der Waals surface area contributed by atoms with Crippen LogP contribution in [-0.4, -0.2) is 35.0 Å². The first-order chi connectivity index (χ1) is 12.1. The van der Waals surface area contributed by atoms with E-state index in [4.69, 9.17) is 4.52 Å². The number of aromatic nitrogens is 1. The molecule has 0 bridgehead atoms. The van der Waals surface area contributed by atoms with Gasteiger partial charge in [0.1, 0.15) is 5.76 Å². The third-order valence-electron chi connectivity index (χ3n) is 3.81. The molecule has 0 aliphatic heterocycles. The van der Waals surface area contributed by atoms with Crippen molar-refractivity contribution in [3.05, 3.63) is 47.7 Å². The highest BCUT2D eigenvalue weighted by atomic mass is 16.5. The Morgan fingerprint density at radius 2 is 1.96 bits per heavy atom. The van der Waals surface area contributed by atoms with Gasteiger partial charge in [-0.3, -0.25) is 9.59 Å². The van der Waals surface area contributed by atoms with Crippen LogP contribution in [0.15, 0.2) is 40.9 Å². The topological polar surface area (TPSA) is 75.4 Å². The summed E-state index contributed by atoms with van der Waals surface area (Å²) in [5, 5.41) is 6.41. The van der Waals surface area contributed by atoms with Crippen molar-refractivity contribution >= 4 is 17.6 Å². The van der Waals surface area contributed by atoms with E-state index in [1.807, 2.05) is 30.3 Å². The van der Waals surface area contributed by atoms with E-state index in [1.165, 1.54) is 0 Å². The van der Waals surface area contributed by atoms with Crippen molar-refractivity contribution in [2.45, 2.75) is 39.5 Å². The van der Waals surface area contributed by atoms with Crippen LogP contribution in [0.3, 0.4) is 0 Å². The van der Waals surface area contributed by atoms with E-state index in [0.29, 0.717) is 24.5 Å². The third kappa shape index (κ3) is 6.41. The number of rotatable bonds is 9. The molecule has 0 saturated heterocycles. The van der Waals surface area contributed by atoms with Gasteiger partial charge in [-0.1, -0.05) is 55.3 Å². The van der Waals surface area contributed by atoms with Crippen LogP contribution in [0.25, 0.3) is 0 Å². The Morgan fingerprint density at radius 1 is 1.20 bits per heavy atom. The zero-order valence-corrected chi connectivity index (χ0v) is 14.8. The fourth-order valence-corrected chi connectivity index (χ4v) is 2.51. The minimum Gasteiger partial charge on any atom is -0.360 e. The first kappa shape index (κ1) is 18.7. The molecule has 2 rings (SSSR count). The van der Waals surface area contributed by atoms with E-state index in [1.54, 1.807) is 17.9 Å². The van der Waals surface area contributed by atoms with Crippen LogP contribution in [-0.2, 0) is 16.0 Å². The van der Waals surface area contributed by atoms with Gasteiger partial charge in [-0.25, -0.2) is 0 Å². The average molecular weight is 343 g/mol. The number of anilines is 1. The van der Waals surface area contributed by atoms with Crippen LogP contribution in [0.4, 0.5) is 5.82 Å². The summed E-state index contributed by atoms with van der Waals surface area (Å²) < 4.78 is 4.93. The first-order valence-corrected chi connectivity index (χ1v) is 8.63. The van der Waals surface area contributed by atoms with E-state index in [0.717, 1.165) is 24.8 Å². The van der Waals surface area contributed by atoms with Crippen molar-refractivity contribution in [2.24, 2.45) is 0 Å². The van der Waals surface area contributed by atoms with Crippen molar-refractivity contribution in [3.8, 4) is 0 Å². The Hall–Kier alpha value is -2.63. The molecule has 0 aliphatic rings. The summed E-state index contributed by atoms with van der Waals surface area (Å²) in [5.74, 6) is 0.668. The lowest BCUT2D eigenvalue weighted by Crippen LogP contribution is -2.39. The number of aryl methyl sites for hydroxylation is 1. The number of amides is 2. The molecule has 0 unspecified atom stereocenters. The molecule has 2 aromatic rings. The van der Waals surface area contributed by atoms with E-state index >= 15 is 0 Å². The standard InChI is InChI=1S/C19H25N3O3/c1-3-4-8-11-22(19(24)13-16-9-6-5-7-10-16)14-18(23)20-17-12-15(2)25-21-17/h5-7,9-10,12H,3-4,8,11,13-14H2,1-2H3,(H,20,21,23). The molecule has 1 aromatic heterocycles. The Labute approximate surface area is 148 Å². The summed E-state index contributed by atoms with van der Waals surface area (Å²) in [4.78, 5) is 26.5. The summed E-state index contributed by atoms with van der Waals surface area (Å²) in [6.07, 6.45) is 3.26. The second kappa shape index (κ2) is 9.61. The number of hydrogen-bond acceptors (Lipinski definition) is 4. The molecule has 6 nitrogen and oxygen atoms in total. The van der Waals surface area contributed by atoms with Crippen LogP contribution in [0.5, 0.6) is 0 Å². The highest BCUT2D eigenvalue weighted by Crippen LogP contribution is 2.09. The van der Waals surface area contributed by atoms with Gasteiger partial charge in [-0.05, 0) is 18.9 Å². The monoisotopic (exact) mass is 343 g/mol. The molecule has 25 heavy (non-hydrogen) atoms. The fourth-order valence-electron chi connectivity index (χ4n) is 2.51. The molecule has 134 valence electrons. The van der Waals surface area contributed by atoms with Gasteiger partial charge in [0.2, 0.25) is 11.8 Å². The largest absolute Gasteiger partial charge is 0.360 e. The number of benzene rings is 1. The van der Waals surface area contributed by atoms with E-state index in [2.05, 4.69) is 17.4 Å². The molecular formula is C19H25N3O3. The number of unbranched alkanes of at least 4 members (excludes halogenated alkanes) is 2. The molecule has 0 radical (unpaired) electrons. The van der Waals surface area contributed by atoms with Gasteiger partial charge >= 0.3 is 0 Å². The van der Waals surface area contributed by atoms with Gasteiger partial charge < -0.3 is 14.7 Å². The van der Waals surface area contributed by atoms with Crippen molar-refractivity contribution < 1.29 is 14.1 Å². The molecule has 0 aliphatic carbocycles. The predicted octanol–water partition coefficient (Wildman–Crippen LogP) is 3.18. The quantitative estimate of drug-likeness (QED) is 0.710. The Bertz CT molecular complexity index is 682. The number of carbonyl (C=O) groups excluding carboxylic acids is 2. The maximum Gasteiger partial charge on any atom is 0.245 e. The Balaban J connectivity index is 1.96. The van der Waals surface area contributed by atoms with Gasteiger partial charge in [0.15, 0.2) is 5.82 Å². The van der Waals surface area contributed by atoms with Gasteiger partial charge in [0, 0.05) is 12.6 Å². The number of carbonyl (C=O) groups is 2. The summed E-state index contributed by atoms with van der Waals surface area (Å²) in [6, 6.07) is 11.2. The molecule has 1 N–H and O–H groups in total. The second-order valence-corrected chi connectivity index (χ2v) is 6.06. The SMILES string of the molecule is CCCCCN(CC(=O)Nc1cc(C)on1)C(=O)Cc1ccccc1. The normalized spacial score (nSPS) is 10.5. The minimum absolute atomic E-state index is 0.0152. The molecule has 1 aromatic carbocycles. The summed E-state index contributed by atoms with van der Waals surface area (Å²) in [6.45, 7) is 4.45. The molecule has 0 atom stereocenters. The molecular weight excluding hydrogens is 318 g/mol. The second-order valence-electron chi connectivity index (χ2n) is 6.06. The molecule has 2 amide bonds. The minimum atomic E-state index is -0.272. The summed E-state index contributed by atoms with van der Waals surface area (Å²) in [5.41, 5.74) is 0.945. The highest BCUT2D eigenvalue weighted by Gasteiger charge is 2.18. The first-order valence-electron chi connectivity index (χ1n) is 8.63. The van der Waals surface area contributed by atoms with Crippen LogP contribution in [0.2, 0.25) is 0 Å². The molecule has 0 spiro atoms. The average Bonchev–Trinajstić information content (AvgIpc) is 2.99. The third-order valence-corrected chi connectivity index (χ3v) is 3.81. The predicted molar refractivity (Wildman–Crippen MR) is 96.1 cm³/mol. The number of nitrogens with zero attached hydrogens (tertiary/aromatic N) is 2. The van der Waals surface area contributed by atoms with Gasteiger partial charge in [0.25, 0.3) is 0 Å².